The van der Waals surface area contributed by atoms with E-state index in [4.69, 9.17) is 14.2 Å². The molecular formula is C35H33F6NO3. The molecule has 0 spiro atoms. The highest BCUT2D eigenvalue weighted by Crippen LogP contribution is 2.45. The zero-order valence-electron chi connectivity index (χ0n) is 24.7. The smallest absolute Gasteiger partial charge is 0.416 e. The van der Waals surface area contributed by atoms with E-state index in [1.807, 2.05) is 78.9 Å². The summed E-state index contributed by atoms with van der Waals surface area (Å²) in [7, 11) is 0. The van der Waals surface area contributed by atoms with Gasteiger partial charge in [0.15, 0.2) is 0 Å². The van der Waals surface area contributed by atoms with Crippen LogP contribution >= 0.6 is 0 Å². The molecule has 238 valence electrons. The summed E-state index contributed by atoms with van der Waals surface area (Å²) in [5.74, 6) is 0.549. The third kappa shape index (κ3) is 8.18. The van der Waals surface area contributed by atoms with Crippen LogP contribution in [0.3, 0.4) is 0 Å². The van der Waals surface area contributed by atoms with Gasteiger partial charge in [0.05, 0.1) is 24.3 Å². The van der Waals surface area contributed by atoms with Crippen LogP contribution in [0.1, 0.15) is 53.3 Å². The van der Waals surface area contributed by atoms with Crippen molar-refractivity contribution in [1.82, 2.24) is 0 Å². The first kappa shape index (κ1) is 32.4. The predicted octanol–water partition coefficient (Wildman–Crippen LogP) is 9.39. The number of anilines is 1. The van der Waals surface area contributed by atoms with Gasteiger partial charge in [-0.05, 0) is 73.4 Å². The van der Waals surface area contributed by atoms with Crippen LogP contribution in [0.25, 0.3) is 0 Å². The highest BCUT2D eigenvalue weighted by atomic mass is 19.4. The van der Waals surface area contributed by atoms with Crippen LogP contribution in [0.2, 0.25) is 0 Å². The van der Waals surface area contributed by atoms with E-state index in [9.17, 15) is 26.3 Å². The van der Waals surface area contributed by atoms with Crippen molar-refractivity contribution in [3.63, 3.8) is 0 Å². The first-order valence-electron chi connectivity index (χ1n) is 14.5. The molecule has 4 aromatic rings. The van der Waals surface area contributed by atoms with Crippen LogP contribution in [0.15, 0.2) is 97.1 Å². The number of halogens is 6. The Kier molecular flexibility index (Phi) is 9.46. The lowest BCUT2D eigenvalue weighted by Gasteiger charge is -2.44. The third-order valence-electron chi connectivity index (χ3n) is 7.60. The second kappa shape index (κ2) is 13.1. The molecule has 0 fully saturated rings. The van der Waals surface area contributed by atoms with E-state index in [-0.39, 0.29) is 18.2 Å². The summed E-state index contributed by atoms with van der Waals surface area (Å²) in [4.78, 5) is 0. The lowest BCUT2D eigenvalue weighted by Crippen LogP contribution is -2.51. The molecule has 45 heavy (non-hydrogen) atoms. The van der Waals surface area contributed by atoms with E-state index >= 15 is 0 Å². The summed E-state index contributed by atoms with van der Waals surface area (Å²) in [6.45, 7) is 3.83. The normalized spacial score (nSPS) is 17.8. The molecule has 0 saturated heterocycles. The van der Waals surface area contributed by atoms with Gasteiger partial charge >= 0.3 is 12.4 Å². The van der Waals surface area contributed by atoms with Gasteiger partial charge in [-0.15, -0.1) is 0 Å². The standard InChI is InChI=1S/C35H33F6NO3/c1-33(2)32(44-22-25-17-26(34(36,37)38)19-27(18-25)35(39,40)41)31(43-16-15-23-9-5-3-6-10-23)29-20-28(13-14-30(29)45-33)42-21-24-11-7-4-8-12-24/h3-14,17-20,31-32,42H,15-16,21-22H2,1-2H3. The first-order chi connectivity index (χ1) is 21.3. The molecular weight excluding hydrogens is 596 g/mol. The Balaban J connectivity index is 1.44. The molecule has 1 aliphatic rings. The van der Waals surface area contributed by atoms with Crippen molar-refractivity contribution in [2.75, 3.05) is 11.9 Å². The van der Waals surface area contributed by atoms with Gasteiger partial charge in [-0.1, -0.05) is 60.7 Å². The van der Waals surface area contributed by atoms with E-state index in [1.165, 1.54) is 0 Å². The topological polar surface area (TPSA) is 39.7 Å². The molecule has 0 aromatic heterocycles. The SMILES string of the molecule is CC1(C)Oc2ccc(NCc3ccccc3)cc2C(OCCc2ccccc2)C1OCc1cc(C(F)(F)F)cc(C(F)(F)F)c1. The maximum Gasteiger partial charge on any atom is 0.416 e. The highest BCUT2D eigenvalue weighted by molar-refractivity contribution is 5.54. The maximum absolute atomic E-state index is 13.5. The molecule has 0 amide bonds. The van der Waals surface area contributed by atoms with Crippen LogP contribution in [0.4, 0.5) is 32.0 Å². The Morgan fingerprint density at radius 2 is 1.31 bits per heavy atom. The molecule has 0 bridgehead atoms. The molecule has 0 aliphatic carbocycles. The summed E-state index contributed by atoms with van der Waals surface area (Å²) >= 11 is 0. The van der Waals surface area contributed by atoms with Gasteiger partial charge in [-0.2, -0.15) is 26.3 Å². The predicted molar refractivity (Wildman–Crippen MR) is 159 cm³/mol. The van der Waals surface area contributed by atoms with Crippen molar-refractivity contribution >= 4 is 5.69 Å². The summed E-state index contributed by atoms with van der Waals surface area (Å²) in [6, 6.07) is 26.5. The average Bonchev–Trinajstić information content (AvgIpc) is 2.99. The van der Waals surface area contributed by atoms with Crippen molar-refractivity contribution in [2.45, 2.75) is 63.6 Å². The Bertz CT molecular complexity index is 1540. The fraction of sp³-hybridized carbons (Fsp3) is 0.314. The Hall–Kier alpha value is -4.02. The summed E-state index contributed by atoms with van der Waals surface area (Å²) in [5, 5.41) is 3.38. The van der Waals surface area contributed by atoms with Crippen molar-refractivity contribution in [2.24, 2.45) is 0 Å². The number of benzene rings is 4. The second-order valence-electron chi connectivity index (χ2n) is 11.5. The average molecular weight is 630 g/mol. The lowest BCUT2D eigenvalue weighted by molar-refractivity contribution is -0.167. The summed E-state index contributed by atoms with van der Waals surface area (Å²) < 4.78 is 100.0. The number of ether oxygens (including phenoxy) is 3. The van der Waals surface area contributed by atoms with Crippen LogP contribution in [0, 0.1) is 0 Å². The van der Waals surface area contributed by atoms with Crippen LogP contribution in [0.5, 0.6) is 5.75 Å². The van der Waals surface area contributed by atoms with Gasteiger partial charge in [-0.3, -0.25) is 0 Å². The largest absolute Gasteiger partial charge is 0.485 e. The van der Waals surface area contributed by atoms with Gasteiger partial charge in [0, 0.05) is 17.8 Å². The minimum Gasteiger partial charge on any atom is -0.485 e. The fourth-order valence-corrected chi connectivity index (χ4v) is 5.35. The zero-order valence-corrected chi connectivity index (χ0v) is 24.7. The molecule has 1 aliphatic heterocycles. The summed E-state index contributed by atoms with van der Waals surface area (Å²) in [6.07, 6.45) is -11.0. The number of hydrogen-bond donors (Lipinski definition) is 1. The van der Waals surface area contributed by atoms with Crippen molar-refractivity contribution in [3.05, 3.63) is 130 Å². The number of alkyl halides is 6. The monoisotopic (exact) mass is 629 g/mol. The van der Waals surface area contributed by atoms with Crippen LogP contribution < -0.4 is 10.1 Å². The molecule has 1 heterocycles. The number of rotatable bonds is 10. The van der Waals surface area contributed by atoms with E-state index < -0.39 is 47.9 Å². The highest BCUT2D eigenvalue weighted by Gasteiger charge is 2.46. The Labute approximate surface area is 257 Å². The number of nitrogens with one attached hydrogen (secondary N) is 1. The molecule has 0 radical (unpaired) electrons. The number of fused-ring (bicyclic) bond motifs is 1. The molecule has 5 rings (SSSR count). The molecule has 4 nitrogen and oxygen atoms in total. The van der Waals surface area contributed by atoms with Crippen molar-refractivity contribution < 1.29 is 40.6 Å². The molecule has 0 saturated carbocycles. The number of hydrogen-bond acceptors (Lipinski definition) is 4. The van der Waals surface area contributed by atoms with E-state index in [1.54, 1.807) is 13.8 Å². The lowest BCUT2D eigenvalue weighted by atomic mass is 9.87. The van der Waals surface area contributed by atoms with E-state index in [2.05, 4.69) is 5.32 Å². The molecule has 2 unspecified atom stereocenters. The van der Waals surface area contributed by atoms with E-state index in [0.717, 1.165) is 16.8 Å². The Morgan fingerprint density at radius 3 is 1.91 bits per heavy atom. The van der Waals surface area contributed by atoms with Crippen molar-refractivity contribution in [3.8, 4) is 5.75 Å². The van der Waals surface area contributed by atoms with Gasteiger partial charge < -0.3 is 19.5 Å². The van der Waals surface area contributed by atoms with Crippen molar-refractivity contribution in [1.29, 1.82) is 0 Å². The second-order valence-corrected chi connectivity index (χ2v) is 11.5. The van der Waals surface area contributed by atoms with Gasteiger partial charge in [0.2, 0.25) is 0 Å². The zero-order chi connectivity index (χ0) is 32.2. The Morgan fingerprint density at radius 1 is 0.711 bits per heavy atom. The van der Waals surface area contributed by atoms with Crippen LogP contribution in [-0.4, -0.2) is 18.3 Å². The molecule has 4 aromatic carbocycles. The summed E-state index contributed by atoms with van der Waals surface area (Å²) in [5.41, 5.74) is -0.546. The minimum absolute atomic E-state index is 0.104. The van der Waals surface area contributed by atoms with Gasteiger partial charge in [-0.25, -0.2) is 0 Å². The quantitative estimate of drug-likeness (QED) is 0.178. The molecule has 10 heteroatoms. The first-order valence-corrected chi connectivity index (χ1v) is 14.5. The molecule has 1 N–H and O–H groups in total. The minimum atomic E-state index is -4.96. The van der Waals surface area contributed by atoms with Gasteiger partial charge in [0.25, 0.3) is 0 Å². The van der Waals surface area contributed by atoms with E-state index in [0.29, 0.717) is 36.4 Å². The third-order valence-corrected chi connectivity index (χ3v) is 7.60. The maximum atomic E-state index is 13.5. The molecule has 2 atom stereocenters. The fourth-order valence-electron chi connectivity index (χ4n) is 5.35. The van der Waals surface area contributed by atoms with Gasteiger partial charge in [0.1, 0.15) is 23.6 Å². The van der Waals surface area contributed by atoms with Crippen LogP contribution in [-0.2, 0) is 41.4 Å².